The monoisotopic (exact) mass is 309 g/mol. The summed E-state index contributed by atoms with van der Waals surface area (Å²) in [7, 11) is 0. The number of hydrogen-bond donors (Lipinski definition) is 0. The fourth-order valence-electron chi connectivity index (χ4n) is 2.14. The number of benzene rings is 1. The number of esters is 1. The quantitative estimate of drug-likeness (QED) is 0.605. The van der Waals surface area contributed by atoms with Gasteiger partial charge < -0.3 is 9.30 Å². The van der Waals surface area contributed by atoms with Crippen LogP contribution in [0.3, 0.4) is 0 Å². The number of nitrogens with zero attached hydrogens (tertiary/aromatic N) is 1. The Balaban J connectivity index is 2.42. The first kappa shape index (κ1) is 15.2. The van der Waals surface area contributed by atoms with Crippen LogP contribution in [0.25, 0.3) is 10.2 Å². The molecule has 1 aromatic carbocycles. The standard InChI is InChI=1S/C15H19NO2S2/c1-4-15(3,13(17)18-5-2)10-16-11-8-6-7-9-12(11)20-14(16)19/h6-9H,4-5,10H2,1-3H3. The maximum Gasteiger partial charge on any atom is 0.313 e. The van der Waals surface area contributed by atoms with Gasteiger partial charge in [0.15, 0.2) is 3.95 Å². The Bertz CT molecular complexity index is 674. The van der Waals surface area contributed by atoms with E-state index in [1.165, 1.54) is 0 Å². The molecule has 1 unspecified atom stereocenters. The lowest BCUT2D eigenvalue weighted by atomic mass is 9.87. The van der Waals surface area contributed by atoms with Crippen molar-refractivity contribution in [2.75, 3.05) is 6.61 Å². The number of aromatic nitrogens is 1. The van der Waals surface area contributed by atoms with Gasteiger partial charge in [-0.25, -0.2) is 0 Å². The number of para-hydroxylation sites is 1. The molecule has 3 nitrogen and oxygen atoms in total. The van der Waals surface area contributed by atoms with E-state index in [1.54, 1.807) is 11.3 Å². The summed E-state index contributed by atoms with van der Waals surface area (Å²) < 4.78 is 9.22. The summed E-state index contributed by atoms with van der Waals surface area (Å²) in [4.78, 5) is 12.2. The fraction of sp³-hybridized carbons (Fsp3) is 0.467. The van der Waals surface area contributed by atoms with Crippen LogP contribution in [0.5, 0.6) is 0 Å². The van der Waals surface area contributed by atoms with E-state index in [-0.39, 0.29) is 5.97 Å². The van der Waals surface area contributed by atoms with Gasteiger partial charge in [0.25, 0.3) is 0 Å². The molecule has 20 heavy (non-hydrogen) atoms. The van der Waals surface area contributed by atoms with Crippen LogP contribution in [0, 0.1) is 9.37 Å². The van der Waals surface area contributed by atoms with E-state index in [1.807, 2.05) is 39.0 Å². The second-order valence-corrected chi connectivity index (χ2v) is 6.73. The van der Waals surface area contributed by atoms with E-state index in [2.05, 4.69) is 10.6 Å². The number of carbonyl (C=O) groups excluding carboxylic acids is 1. The molecule has 1 atom stereocenters. The van der Waals surface area contributed by atoms with Crippen molar-refractivity contribution in [2.45, 2.75) is 33.7 Å². The molecular weight excluding hydrogens is 290 g/mol. The van der Waals surface area contributed by atoms with Gasteiger partial charge in [-0.2, -0.15) is 0 Å². The summed E-state index contributed by atoms with van der Waals surface area (Å²) >= 11 is 7.03. The van der Waals surface area contributed by atoms with Gasteiger partial charge in [0.2, 0.25) is 0 Å². The molecule has 0 radical (unpaired) electrons. The first-order valence-corrected chi connectivity index (χ1v) is 8.00. The predicted octanol–water partition coefficient (Wildman–Crippen LogP) is 4.41. The van der Waals surface area contributed by atoms with E-state index in [0.717, 1.165) is 20.6 Å². The molecule has 0 aliphatic carbocycles. The van der Waals surface area contributed by atoms with Gasteiger partial charge in [0.05, 0.1) is 22.2 Å². The average Bonchev–Trinajstić information content (AvgIpc) is 2.75. The highest BCUT2D eigenvalue weighted by molar-refractivity contribution is 7.73. The Morgan fingerprint density at radius 2 is 2.10 bits per heavy atom. The molecule has 2 rings (SSSR count). The molecule has 0 saturated carbocycles. The lowest BCUT2D eigenvalue weighted by Crippen LogP contribution is -2.33. The van der Waals surface area contributed by atoms with Crippen molar-refractivity contribution in [1.82, 2.24) is 4.57 Å². The largest absolute Gasteiger partial charge is 0.466 e. The number of hydrogen-bond acceptors (Lipinski definition) is 4. The maximum atomic E-state index is 12.2. The lowest BCUT2D eigenvalue weighted by molar-refractivity contribution is -0.155. The molecule has 0 N–H and O–H groups in total. The molecule has 5 heteroatoms. The van der Waals surface area contributed by atoms with Gasteiger partial charge in [0, 0.05) is 6.54 Å². The highest BCUT2D eigenvalue weighted by atomic mass is 32.1. The van der Waals surface area contributed by atoms with Gasteiger partial charge in [0.1, 0.15) is 0 Å². The van der Waals surface area contributed by atoms with Gasteiger partial charge in [-0.3, -0.25) is 4.79 Å². The zero-order valence-corrected chi connectivity index (χ0v) is 13.6. The maximum absolute atomic E-state index is 12.2. The van der Waals surface area contributed by atoms with E-state index in [4.69, 9.17) is 17.0 Å². The number of ether oxygens (including phenoxy) is 1. The van der Waals surface area contributed by atoms with Gasteiger partial charge in [-0.1, -0.05) is 19.1 Å². The number of carbonyl (C=O) groups is 1. The molecule has 0 aliphatic heterocycles. The van der Waals surface area contributed by atoms with E-state index < -0.39 is 5.41 Å². The van der Waals surface area contributed by atoms with Crippen molar-refractivity contribution < 1.29 is 9.53 Å². The second kappa shape index (κ2) is 6.06. The zero-order chi connectivity index (χ0) is 14.8. The third kappa shape index (κ3) is 2.79. The van der Waals surface area contributed by atoms with Gasteiger partial charge in [-0.15, -0.1) is 11.3 Å². The van der Waals surface area contributed by atoms with Crippen LogP contribution in [-0.4, -0.2) is 17.1 Å². The third-order valence-corrected chi connectivity index (χ3v) is 5.06. The lowest BCUT2D eigenvalue weighted by Gasteiger charge is -2.26. The highest BCUT2D eigenvalue weighted by Crippen LogP contribution is 2.30. The molecule has 2 aromatic rings. The van der Waals surface area contributed by atoms with Crippen LogP contribution in [-0.2, 0) is 16.1 Å². The molecule has 108 valence electrons. The van der Waals surface area contributed by atoms with Crippen LogP contribution in [0.15, 0.2) is 24.3 Å². The summed E-state index contributed by atoms with van der Waals surface area (Å²) in [6.07, 6.45) is 0.720. The number of fused-ring (bicyclic) bond motifs is 1. The van der Waals surface area contributed by atoms with Crippen LogP contribution >= 0.6 is 23.6 Å². The number of thiazole rings is 1. The molecule has 1 heterocycles. The SMILES string of the molecule is CCOC(=O)C(C)(CC)Cn1c(=S)sc2ccccc21. The van der Waals surface area contributed by atoms with Crippen LogP contribution in [0.1, 0.15) is 27.2 Å². The van der Waals surface area contributed by atoms with Crippen LogP contribution in [0.4, 0.5) is 0 Å². The van der Waals surface area contributed by atoms with Crippen LogP contribution in [0.2, 0.25) is 0 Å². The Morgan fingerprint density at radius 1 is 1.40 bits per heavy atom. The van der Waals surface area contributed by atoms with Crippen LogP contribution < -0.4 is 0 Å². The second-order valence-electron chi connectivity index (χ2n) is 5.06. The normalized spacial score (nSPS) is 14.2. The molecular formula is C15H19NO2S2. The molecule has 0 aliphatic rings. The fourth-order valence-corrected chi connectivity index (χ4v) is 3.46. The Hall–Kier alpha value is -1.20. The average molecular weight is 309 g/mol. The van der Waals surface area contributed by atoms with Crippen molar-refractivity contribution in [3.63, 3.8) is 0 Å². The van der Waals surface area contributed by atoms with E-state index in [9.17, 15) is 4.79 Å². The van der Waals surface area contributed by atoms with E-state index >= 15 is 0 Å². The molecule has 0 saturated heterocycles. The predicted molar refractivity (Wildman–Crippen MR) is 85.7 cm³/mol. The summed E-state index contributed by atoms with van der Waals surface area (Å²) in [6.45, 7) is 6.75. The van der Waals surface area contributed by atoms with E-state index in [0.29, 0.717) is 13.2 Å². The first-order chi connectivity index (χ1) is 9.51. The minimum absolute atomic E-state index is 0.153. The summed E-state index contributed by atoms with van der Waals surface area (Å²) in [5.74, 6) is -0.153. The van der Waals surface area contributed by atoms with Crippen molar-refractivity contribution in [3.8, 4) is 0 Å². The van der Waals surface area contributed by atoms with Gasteiger partial charge in [-0.05, 0) is 44.6 Å². The minimum atomic E-state index is -0.544. The Kier molecular flexibility index (Phi) is 4.60. The molecule has 0 spiro atoms. The van der Waals surface area contributed by atoms with Crippen molar-refractivity contribution >= 4 is 39.7 Å². The smallest absolute Gasteiger partial charge is 0.313 e. The zero-order valence-electron chi connectivity index (χ0n) is 12.0. The van der Waals surface area contributed by atoms with Gasteiger partial charge >= 0.3 is 5.97 Å². The minimum Gasteiger partial charge on any atom is -0.466 e. The summed E-state index contributed by atoms with van der Waals surface area (Å²) in [5.41, 5.74) is 0.546. The topological polar surface area (TPSA) is 31.2 Å². The highest BCUT2D eigenvalue weighted by Gasteiger charge is 2.34. The molecule has 1 aromatic heterocycles. The van der Waals surface area contributed by atoms with Crippen molar-refractivity contribution in [3.05, 3.63) is 28.2 Å². The first-order valence-electron chi connectivity index (χ1n) is 6.77. The summed E-state index contributed by atoms with van der Waals surface area (Å²) in [6, 6.07) is 8.10. The number of rotatable bonds is 5. The third-order valence-electron chi connectivity index (χ3n) is 3.63. The Morgan fingerprint density at radius 3 is 2.75 bits per heavy atom. The molecule has 0 bridgehead atoms. The molecule has 0 amide bonds. The Labute approximate surface area is 128 Å². The summed E-state index contributed by atoms with van der Waals surface area (Å²) in [5, 5.41) is 0. The molecule has 0 fully saturated rings. The van der Waals surface area contributed by atoms with Crippen molar-refractivity contribution in [2.24, 2.45) is 5.41 Å². The van der Waals surface area contributed by atoms with Crippen molar-refractivity contribution in [1.29, 1.82) is 0 Å².